The number of hydrogen-bond acceptors (Lipinski definition) is 4. The van der Waals surface area contributed by atoms with Crippen LogP contribution in [0.15, 0.2) is 48.8 Å². The van der Waals surface area contributed by atoms with Gasteiger partial charge in [0.25, 0.3) is 0 Å². The molecule has 0 aliphatic carbocycles. The number of allylic oxidation sites excluding steroid dienone is 1. The highest BCUT2D eigenvalue weighted by Crippen LogP contribution is 2.41. The largest absolute Gasteiger partial charge is 0.336 e. The van der Waals surface area contributed by atoms with E-state index in [9.17, 15) is 0 Å². The molecule has 4 heterocycles. The van der Waals surface area contributed by atoms with Crippen molar-refractivity contribution in [1.29, 1.82) is 0 Å². The van der Waals surface area contributed by atoms with Crippen LogP contribution in [0.2, 0.25) is 5.02 Å². The van der Waals surface area contributed by atoms with Crippen LogP contribution in [-0.2, 0) is 0 Å². The van der Waals surface area contributed by atoms with E-state index in [2.05, 4.69) is 44.4 Å². The zero-order valence-electron chi connectivity index (χ0n) is 18.3. The fourth-order valence-electron chi connectivity index (χ4n) is 5.50. The van der Waals surface area contributed by atoms with Crippen molar-refractivity contribution in [1.82, 2.24) is 15.2 Å². The molecule has 0 saturated carbocycles. The number of pyridine rings is 1. The molecule has 0 bridgehead atoms. The van der Waals surface area contributed by atoms with Crippen molar-refractivity contribution in [2.24, 2.45) is 11.8 Å². The molecule has 5 rings (SSSR count). The molecule has 0 unspecified atom stereocenters. The van der Waals surface area contributed by atoms with Gasteiger partial charge in [-0.15, -0.1) is 0 Å². The minimum Gasteiger partial charge on any atom is -0.336 e. The molecule has 3 aliphatic heterocycles. The summed E-state index contributed by atoms with van der Waals surface area (Å²) >= 11 is 6.10. The number of benzene rings is 1. The van der Waals surface area contributed by atoms with E-state index in [1.54, 1.807) is 0 Å². The molecule has 1 aromatic heterocycles. The molecule has 0 amide bonds. The molecule has 2 fully saturated rings. The van der Waals surface area contributed by atoms with Crippen molar-refractivity contribution in [2.75, 3.05) is 44.2 Å². The predicted octanol–water partition coefficient (Wildman–Crippen LogP) is 5.37. The Hall–Kier alpha value is -1.88. The molecule has 0 atom stereocenters. The Balaban J connectivity index is 1.23. The van der Waals surface area contributed by atoms with Gasteiger partial charge in [0.05, 0.1) is 11.9 Å². The molecule has 0 radical (unpaired) electrons. The van der Waals surface area contributed by atoms with Gasteiger partial charge < -0.3 is 15.1 Å². The molecule has 5 heteroatoms. The maximum absolute atomic E-state index is 6.10. The van der Waals surface area contributed by atoms with Gasteiger partial charge in [0.1, 0.15) is 0 Å². The van der Waals surface area contributed by atoms with Gasteiger partial charge in [-0.3, -0.25) is 4.98 Å². The van der Waals surface area contributed by atoms with E-state index in [4.69, 9.17) is 11.6 Å². The van der Waals surface area contributed by atoms with Gasteiger partial charge in [-0.1, -0.05) is 17.7 Å². The van der Waals surface area contributed by atoms with E-state index in [1.165, 1.54) is 87.3 Å². The van der Waals surface area contributed by atoms with Crippen molar-refractivity contribution in [3.05, 3.63) is 59.4 Å². The lowest BCUT2D eigenvalue weighted by atomic mass is 9.83. The number of nitrogens with one attached hydrogen (secondary N) is 1. The summed E-state index contributed by atoms with van der Waals surface area (Å²) in [5.41, 5.74) is 5.27. The van der Waals surface area contributed by atoms with E-state index in [1.807, 2.05) is 24.5 Å². The monoisotopic (exact) mass is 436 g/mol. The third-order valence-corrected chi connectivity index (χ3v) is 7.63. The van der Waals surface area contributed by atoms with Gasteiger partial charge in [-0.25, -0.2) is 0 Å². The van der Waals surface area contributed by atoms with E-state index >= 15 is 0 Å². The number of hydrogen-bond donors (Lipinski definition) is 1. The lowest BCUT2D eigenvalue weighted by Gasteiger charge is -2.37. The smallest absolute Gasteiger partial charge is 0.0676 e. The van der Waals surface area contributed by atoms with Crippen molar-refractivity contribution in [2.45, 2.75) is 32.1 Å². The Labute approximate surface area is 191 Å². The number of anilines is 2. The van der Waals surface area contributed by atoms with Gasteiger partial charge in [0, 0.05) is 29.0 Å². The quantitative estimate of drug-likeness (QED) is 0.682. The summed E-state index contributed by atoms with van der Waals surface area (Å²) in [4.78, 5) is 9.49. The summed E-state index contributed by atoms with van der Waals surface area (Å²) in [5.74, 6) is 1.59. The first-order valence-corrected chi connectivity index (χ1v) is 12.3. The zero-order chi connectivity index (χ0) is 21.0. The van der Waals surface area contributed by atoms with Crippen LogP contribution < -0.4 is 10.2 Å². The van der Waals surface area contributed by atoms with Crippen LogP contribution in [0.1, 0.15) is 37.7 Å². The molecule has 1 aromatic carbocycles. The summed E-state index contributed by atoms with van der Waals surface area (Å²) in [6.07, 6.45) is 13.0. The number of fused-ring (bicyclic) bond motifs is 1. The fraction of sp³-hybridized carbons (Fsp3) is 0.500. The van der Waals surface area contributed by atoms with E-state index in [-0.39, 0.29) is 0 Å². The second kappa shape index (κ2) is 9.72. The van der Waals surface area contributed by atoms with E-state index in [0.717, 1.165) is 17.5 Å². The summed E-state index contributed by atoms with van der Waals surface area (Å²) < 4.78 is 0. The van der Waals surface area contributed by atoms with Crippen LogP contribution in [-0.4, -0.2) is 49.2 Å². The molecular weight excluding hydrogens is 404 g/mol. The van der Waals surface area contributed by atoms with Gasteiger partial charge in [-0.05, 0) is 113 Å². The van der Waals surface area contributed by atoms with Crippen LogP contribution in [0.4, 0.5) is 11.4 Å². The maximum Gasteiger partial charge on any atom is 0.0676 e. The number of likely N-dealkylation sites (tertiary alicyclic amines) is 1. The van der Waals surface area contributed by atoms with Crippen molar-refractivity contribution in [3.63, 3.8) is 0 Å². The zero-order valence-corrected chi connectivity index (χ0v) is 19.0. The molecule has 2 aromatic rings. The van der Waals surface area contributed by atoms with Crippen LogP contribution >= 0.6 is 11.6 Å². The molecule has 0 spiro atoms. The lowest BCUT2D eigenvalue weighted by molar-refractivity contribution is 0.186. The Morgan fingerprint density at radius 3 is 2.55 bits per heavy atom. The Morgan fingerprint density at radius 1 is 1.00 bits per heavy atom. The van der Waals surface area contributed by atoms with Crippen molar-refractivity contribution in [3.8, 4) is 0 Å². The number of halogens is 1. The number of piperidine rings is 2. The summed E-state index contributed by atoms with van der Waals surface area (Å²) in [5, 5.41) is 4.26. The van der Waals surface area contributed by atoms with Crippen LogP contribution in [0, 0.1) is 11.8 Å². The van der Waals surface area contributed by atoms with Crippen LogP contribution in [0.25, 0.3) is 5.57 Å². The SMILES string of the molecule is Clc1ccc(N2CC=C(C3CCN(CCC4CCNCC4)CC3)c3ccncc32)cc1. The van der Waals surface area contributed by atoms with E-state index < -0.39 is 0 Å². The molecular formula is C26H33ClN4. The average molecular weight is 437 g/mol. The summed E-state index contributed by atoms with van der Waals surface area (Å²) in [6, 6.07) is 10.3. The van der Waals surface area contributed by atoms with E-state index in [0.29, 0.717) is 5.92 Å². The Morgan fingerprint density at radius 2 is 1.77 bits per heavy atom. The highest BCUT2D eigenvalue weighted by Gasteiger charge is 2.28. The maximum atomic E-state index is 6.10. The molecule has 3 aliphatic rings. The fourth-order valence-corrected chi connectivity index (χ4v) is 5.62. The first kappa shape index (κ1) is 21.0. The molecule has 1 N–H and O–H groups in total. The van der Waals surface area contributed by atoms with Crippen molar-refractivity contribution < 1.29 is 0 Å². The third kappa shape index (κ3) is 4.82. The standard InChI is InChI=1S/C26H33ClN4/c27-22-1-3-23(4-2-22)31-18-11-24(25-7-14-29-19-26(25)31)21-9-16-30(17-10-21)15-8-20-5-12-28-13-6-20/h1-4,7,11,14,19-21,28H,5-6,8-10,12-13,15-18H2. The van der Waals surface area contributed by atoms with Gasteiger partial charge >= 0.3 is 0 Å². The third-order valence-electron chi connectivity index (χ3n) is 7.37. The molecule has 164 valence electrons. The molecule has 2 saturated heterocycles. The first-order chi connectivity index (χ1) is 15.3. The summed E-state index contributed by atoms with van der Waals surface area (Å²) in [6.45, 7) is 7.06. The predicted molar refractivity (Wildman–Crippen MR) is 130 cm³/mol. The van der Waals surface area contributed by atoms with Gasteiger partial charge in [0.15, 0.2) is 0 Å². The van der Waals surface area contributed by atoms with Crippen LogP contribution in [0.5, 0.6) is 0 Å². The minimum absolute atomic E-state index is 0.656. The number of nitrogens with zero attached hydrogens (tertiary/aromatic N) is 3. The average Bonchev–Trinajstić information content (AvgIpc) is 2.84. The summed E-state index contributed by atoms with van der Waals surface area (Å²) in [7, 11) is 0. The Bertz CT molecular complexity index is 896. The highest BCUT2D eigenvalue weighted by molar-refractivity contribution is 6.30. The second-order valence-corrected chi connectivity index (χ2v) is 9.67. The topological polar surface area (TPSA) is 31.4 Å². The lowest BCUT2D eigenvalue weighted by Crippen LogP contribution is -2.37. The van der Waals surface area contributed by atoms with Crippen molar-refractivity contribution >= 4 is 28.5 Å². The minimum atomic E-state index is 0.656. The highest BCUT2D eigenvalue weighted by atomic mass is 35.5. The van der Waals surface area contributed by atoms with Crippen LogP contribution in [0.3, 0.4) is 0 Å². The first-order valence-electron chi connectivity index (χ1n) is 11.9. The second-order valence-electron chi connectivity index (χ2n) is 9.24. The Kier molecular flexibility index (Phi) is 6.58. The van der Waals surface area contributed by atoms with Gasteiger partial charge in [-0.2, -0.15) is 0 Å². The number of rotatable bonds is 5. The normalized spacial score (nSPS) is 21.1. The van der Waals surface area contributed by atoms with Gasteiger partial charge in [0.2, 0.25) is 0 Å². The molecule has 31 heavy (non-hydrogen) atoms. The number of aromatic nitrogens is 1. The molecule has 4 nitrogen and oxygen atoms in total.